The first-order valence-electron chi connectivity index (χ1n) is 3.36. The van der Waals surface area contributed by atoms with Gasteiger partial charge in [0.1, 0.15) is 0 Å². The predicted molar refractivity (Wildman–Crippen MR) is 44.0 cm³/mol. The van der Waals surface area contributed by atoms with Crippen molar-refractivity contribution in [1.29, 1.82) is 0 Å². The van der Waals surface area contributed by atoms with Gasteiger partial charge in [0, 0.05) is 15.0 Å². The largest absolute Gasteiger partial charge is 0.362 e. The third kappa shape index (κ3) is 4.54. The molecule has 2 fully saturated rings. The normalized spacial score (nSPS) is 28.8. The molecule has 2 aliphatic heterocycles. The predicted octanol–water partition coefficient (Wildman–Crippen LogP) is 1.54. The molecule has 0 bridgehead atoms. The minimum atomic E-state index is 0.586. The van der Waals surface area contributed by atoms with Crippen LogP contribution in [-0.4, -0.2) is 25.5 Å². The van der Waals surface area contributed by atoms with Crippen LogP contribution in [0.2, 0.25) is 0 Å². The van der Waals surface area contributed by atoms with Gasteiger partial charge in [-0.15, -0.1) is 0 Å². The molecule has 0 saturated carbocycles. The van der Waals surface area contributed by atoms with E-state index in [0.29, 0.717) is 8.81 Å². The summed E-state index contributed by atoms with van der Waals surface area (Å²) in [7, 11) is 1.40. The molecule has 5 heteroatoms. The lowest BCUT2D eigenvalue weighted by Gasteiger charge is -1.77. The highest BCUT2D eigenvalue weighted by molar-refractivity contribution is 7.32. The van der Waals surface area contributed by atoms with Crippen molar-refractivity contribution in [3.05, 3.63) is 0 Å². The van der Waals surface area contributed by atoms with E-state index in [9.17, 15) is 0 Å². The molecule has 2 atom stereocenters. The molecular weight excluding hydrogens is 170 g/mol. The third-order valence-corrected chi connectivity index (χ3v) is 2.64. The molecule has 3 nitrogen and oxygen atoms in total. The monoisotopic (exact) mass is 182 g/mol. The van der Waals surface area contributed by atoms with Gasteiger partial charge in [-0.25, -0.2) is 9.56 Å². The molecule has 0 radical (unpaired) electrons. The topological polar surface area (TPSA) is 27.7 Å². The molecule has 2 heterocycles. The van der Waals surface area contributed by atoms with Gasteiger partial charge in [-0.3, -0.25) is 0 Å². The van der Waals surface area contributed by atoms with Crippen LogP contribution in [0.3, 0.4) is 0 Å². The minimum absolute atomic E-state index is 0.586. The summed E-state index contributed by atoms with van der Waals surface area (Å²) >= 11 is 0. The van der Waals surface area contributed by atoms with E-state index < -0.39 is 0 Å². The van der Waals surface area contributed by atoms with E-state index in [-0.39, 0.29) is 0 Å². The van der Waals surface area contributed by atoms with Crippen LogP contribution in [0.4, 0.5) is 0 Å². The first-order valence-corrected chi connectivity index (χ1v) is 5.59. The van der Waals surface area contributed by atoms with Gasteiger partial charge in [0.2, 0.25) is 0 Å². The summed E-state index contributed by atoms with van der Waals surface area (Å²) in [6, 6.07) is 0. The fraction of sp³-hybridized carbons (Fsp3) is 1.00. The van der Waals surface area contributed by atoms with E-state index in [1.54, 1.807) is 0 Å². The second-order valence-electron chi connectivity index (χ2n) is 1.90. The number of hydrogen-bond donors (Lipinski definition) is 0. The molecule has 2 unspecified atom stereocenters. The molecule has 0 aliphatic carbocycles. The van der Waals surface area contributed by atoms with Crippen LogP contribution in [0.5, 0.6) is 0 Å². The lowest BCUT2D eigenvalue weighted by Crippen LogP contribution is -1.76. The average Bonchev–Trinajstić information content (AvgIpc) is 2.67. The minimum Gasteiger partial charge on any atom is -0.362 e. The molecule has 2 aliphatic rings. The quantitative estimate of drug-likeness (QED) is 0.420. The lowest BCUT2D eigenvalue weighted by molar-refractivity contribution is -0.172. The zero-order chi connectivity index (χ0) is 7.07. The second kappa shape index (κ2) is 6.45. The van der Waals surface area contributed by atoms with E-state index in [1.807, 2.05) is 0 Å². The van der Waals surface area contributed by atoms with Gasteiger partial charge in [-0.2, -0.15) is 0 Å². The van der Waals surface area contributed by atoms with Crippen LogP contribution in [0.1, 0.15) is 6.42 Å². The molecule has 10 heavy (non-hydrogen) atoms. The smallest absolute Gasteiger partial charge is 0.0884 e. The SMILES string of the molecule is C1COPC1.C1CPOO1. The summed E-state index contributed by atoms with van der Waals surface area (Å²) in [6.45, 7) is 1.80. The second-order valence-corrected chi connectivity index (χ2v) is 3.93. The Bertz CT molecular complexity index is 48.1. The van der Waals surface area contributed by atoms with Crippen molar-refractivity contribution in [2.24, 2.45) is 0 Å². The van der Waals surface area contributed by atoms with Gasteiger partial charge in [-0.05, 0) is 12.6 Å². The van der Waals surface area contributed by atoms with E-state index in [0.717, 1.165) is 28.2 Å². The Morgan fingerprint density at radius 2 is 2.00 bits per heavy atom. The van der Waals surface area contributed by atoms with Crippen LogP contribution in [0.15, 0.2) is 0 Å². The van der Waals surface area contributed by atoms with E-state index >= 15 is 0 Å². The van der Waals surface area contributed by atoms with Crippen molar-refractivity contribution in [3.8, 4) is 0 Å². The first kappa shape index (κ1) is 8.83. The summed E-state index contributed by atoms with van der Waals surface area (Å²) < 4.78 is 9.44. The summed E-state index contributed by atoms with van der Waals surface area (Å²) in [5, 5.41) is 0. The van der Waals surface area contributed by atoms with Crippen LogP contribution in [0, 0.1) is 0 Å². The highest BCUT2D eigenvalue weighted by atomic mass is 31.1. The standard InChI is InChI=1S/C3H7OP.C2H5O2P/c1-2-4-5-3-1;1-2-5-4-3-1/h5H,1-3H2;5H,1-2H2. The molecule has 0 aromatic carbocycles. The highest BCUT2D eigenvalue weighted by Gasteiger charge is 1.96. The maximum Gasteiger partial charge on any atom is 0.0884 e. The van der Waals surface area contributed by atoms with Gasteiger partial charge < -0.3 is 4.52 Å². The number of rotatable bonds is 0. The van der Waals surface area contributed by atoms with Gasteiger partial charge in [-0.1, -0.05) is 0 Å². The molecular formula is C5H12O3P2. The van der Waals surface area contributed by atoms with Crippen LogP contribution in [-0.2, 0) is 14.1 Å². The van der Waals surface area contributed by atoms with Crippen molar-refractivity contribution in [1.82, 2.24) is 0 Å². The Kier molecular flexibility index (Phi) is 5.70. The Balaban J connectivity index is 0.0000001000. The molecule has 60 valence electrons. The van der Waals surface area contributed by atoms with Gasteiger partial charge in [0.25, 0.3) is 0 Å². The number of hydrogen-bond acceptors (Lipinski definition) is 3. The Morgan fingerprint density at radius 1 is 1.00 bits per heavy atom. The summed E-state index contributed by atoms with van der Waals surface area (Å²) in [5.41, 5.74) is 0. The molecule has 2 rings (SSSR count). The Labute approximate surface area is 64.5 Å². The summed E-state index contributed by atoms with van der Waals surface area (Å²) in [4.78, 5) is 4.46. The van der Waals surface area contributed by atoms with Crippen LogP contribution in [0.25, 0.3) is 0 Å². The average molecular weight is 182 g/mol. The molecule has 0 spiro atoms. The Morgan fingerprint density at radius 3 is 2.20 bits per heavy atom. The molecule has 0 aromatic heterocycles. The van der Waals surface area contributed by atoms with E-state index in [2.05, 4.69) is 9.56 Å². The molecule has 0 N–H and O–H groups in total. The lowest BCUT2D eigenvalue weighted by atomic mass is 10.5. The maximum atomic E-state index is 4.97. The van der Waals surface area contributed by atoms with Crippen molar-refractivity contribution >= 4 is 17.6 Å². The van der Waals surface area contributed by atoms with Crippen molar-refractivity contribution < 1.29 is 14.1 Å². The fourth-order valence-electron chi connectivity index (χ4n) is 0.569. The molecule has 0 aromatic rings. The van der Waals surface area contributed by atoms with Crippen molar-refractivity contribution in [2.45, 2.75) is 6.42 Å². The molecule has 2 saturated heterocycles. The highest BCUT2D eigenvalue weighted by Crippen LogP contribution is 2.19. The maximum absolute atomic E-state index is 4.97. The first-order chi connectivity index (χ1) is 5.00. The zero-order valence-corrected chi connectivity index (χ0v) is 7.76. The van der Waals surface area contributed by atoms with E-state index in [4.69, 9.17) is 4.52 Å². The zero-order valence-electron chi connectivity index (χ0n) is 5.76. The van der Waals surface area contributed by atoms with E-state index in [1.165, 1.54) is 12.6 Å². The fourth-order valence-corrected chi connectivity index (χ4v) is 1.71. The van der Waals surface area contributed by atoms with Crippen molar-refractivity contribution in [2.75, 3.05) is 25.5 Å². The summed E-state index contributed by atoms with van der Waals surface area (Å²) in [6.07, 6.45) is 3.68. The van der Waals surface area contributed by atoms with Crippen LogP contribution < -0.4 is 0 Å². The summed E-state index contributed by atoms with van der Waals surface area (Å²) in [5.74, 6) is 0. The third-order valence-electron chi connectivity index (χ3n) is 1.03. The van der Waals surface area contributed by atoms with Crippen molar-refractivity contribution in [3.63, 3.8) is 0 Å². The van der Waals surface area contributed by atoms with Gasteiger partial charge in [0.15, 0.2) is 0 Å². The van der Waals surface area contributed by atoms with Gasteiger partial charge >= 0.3 is 0 Å². The van der Waals surface area contributed by atoms with Gasteiger partial charge in [0.05, 0.1) is 22.0 Å². The Hall–Kier alpha value is 0.740. The molecule has 0 amide bonds. The van der Waals surface area contributed by atoms with Crippen LogP contribution >= 0.6 is 17.6 Å².